The van der Waals surface area contributed by atoms with Gasteiger partial charge in [-0.1, -0.05) is 19.1 Å². The number of benzene rings is 1. The van der Waals surface area contributed by atoms with Crippen LogP contribution in [0, 0.1) is 0 Å². The summed E-state index contributed by atoms with van der Waals surface area (Å²) in [4.78, 5) is 7.08. The second-order valence-electron chi connectivity index (χ2n) is 6.41. The Labute approximate surface area is 140 Å². The Kier molecular flexibility index (Phi) is 4.25. The number of para-hydroxylation sites is 2. The molecule has 3 aromatic rings. The smallest absolute Gasteiger partial charge is 0.199 e. The normalized spacial score (nSPS) is 19.1. The number of hydrogen-bond donors (Lipinski definition) is 0. The first kappa shape index (κ1) is 15.3. The summed E-state index contributed by atoms with van der Waals surface area (Å²) in [6.45, 7) is 5.78. The van der Waals surface area contributed by atoms with Gasteiger partial charge < -0.3 is 4.42 Å². The maximum absolute atomic E-state index is 5.97. The molecule has 0 saturated carbocycles. The van der Waals surface area contributed by atoms with E-state index in [1.807, 2.05) is 28.9 Å². The average molecular weight is 326 g/mol. The minimum Gasteiger partial charge on any atom is -0.440 e. The summed E-state index contributed by atoms with van der Waals surface area (Å²) in [7, 11) is 0. The highest BCUT2D eigenvalue weighted by atomic mass is 16.3. The van der Waals surface area contributed by atoms with Gasteiger partial charge in [-0.2, -0.15) is 0 Å². The molecule has 1 unspecified atom stereocenters. The Bertz CT molecular complexity index is 777. The Hall–Kier alpha value is -2.28. The van der Waals surface area contributed by atoms with Gasteiger partial charge in [-0.25, -0.2) is 9.67 Å². The average Bonchev–Trinajstić information content (AvgIpc) is 3.22. The molecule has 7 heteroatoms. The van der Waals surface area contributed by atoms with Gasteiger partial charge in [0.15, 0.2) is 17.3 Å². The number of likely N-dealkylation sites (tertiary alicyclic amines) is 1. The van der Waals surface area contributed by atoms with Gasteiger partial charge in [0.2, 0.25) is 0 Å². The van der Waals surface area contributed by atoms with Crippen LogP contribution in [0.4, 0.5) is 0 Å². The van der Waals surface area contributed by atoms with Crippen molar-refractivity contribution >= 4 is 11.1 Å². The summed E-state index contributed by atoms with van der Waals surface area (Å²) in [5.41, 5.74) is 1.81. The molecule has 0 bridgehead atoms. The molecule has 0 N–H and O–H groups in total. The van der Waals surface area contributed by atoms with E-state index in [4.69, 9.17) is 4.42 Å². The summed E-state index contributed by atoms with van der Waals surface area (Å²) in [5.74, 6) is 2.13. The van der Waals surface area contributed by atoms with E-state index >= 15 is 0 Å². The highest BCUT2D eigenvalue weighted by molar-refractivity contribution is 5.72. The number of tetrazole rings is 1. The molecule has 3 heterocycles. The summed E-state index contributed by atoms with van der Waals surface area (Å²) >= 11 is 0. The quantitative estimate of drug-likeness (QED) is 0.717. The SMILES string of the molecule is CCCn1nnnc1CN1CCCC(c2nc3ccccc3o2)C1. The van der Waals surface area contributed by atoms with Gasteiger partial charge in [0.25, 0.3) is 0 Å². The molecule has 4 rings (SSSR count). The van der Waals surface area contributed by atoms with Crippen LogP contribution in [0.2, 0.25) is 0 Å². The van der Waals surface area contributed by atoms with Crippen molar-refractivity contribution in [2.45, 2.75) is 45.2 Å². The van der Waals surface area contributed by atoms with Gasteiger partial charge in [0.05, 0.1) is 6.54 Å². The van der Waals surface area contributed by atoms with Crippen molar-refractivity contribution in [3.05, 3.63) is 36.0 Å². The lowest BCUT2D eigenvalue weighted by atomic mass is 9.98. The summed E-state index contributed by atoms with van der Waals surface area (Å²) < 4.78 is 7.88. The molecular weight excluding hydrogens is 304 g/mol. The fraction of sp³-hybridized carbons (Fsp3) is 0.529. The molecule has 0 amide bonds. The van der Waals surface area contributed by atoms with Crippen LogP contribution in [-0.2, 0) is 13.1 Å². The molecule has 1 saturated heterocycles. The van der Waals surface area contributed by atoms with E-state index in [1.54, 1.807) is 0 Å². The summed E-state index contributed by atoms with van der Waals surface area (Å²) in [5, 5.41) is 12.1. The maximum Gasteiger partial charge on any atom is 0.199 e. The molecule has 1 aliphatic heterocycles. The first-order valence-corrected chi connectivity index (χ1v) is 8.66. The Morgan fingerprint density at radius 2 is 2.21 bits per heavy atom. The number of aryl methyl sites for hydroxylation is 1. The van der Waals surface area contributed by atoms with Crippen LogP contribution in [0.1, 0.15) is 43.8 Å². The lowest BCUT2D eigenvalue weighted by molar-refractivity contribution is 0.180. The number of hydrogen-bond acceptors (Lipinski definition) is 6. The summed E-state index contributed by atoms with van der Waals surface area (Å²) in [6.07, 6.45) is 3.28. The number of oxazole rings is 1. The van der Waals surface area contributed by atoms with E-state index in [1.165, 1.54) is 0 Å². The van der Waals surface area contributed by atoms with Crippen molar-refractivity contribution in [3.63, 3.8) is 0 Å². The van der Waals surface area contributed by atoms with E-state index in [-0.39, 0.29) is 0 Å². The Balaban J connectivity index is 1.48. The fourth-order valence-electron chi connectivity index (χ4n) is 3.39. The van der Waals surface area contributed by atoms with Gasteiger partial charge in [-0.3, -0.25) is 4.90 Å². The third-order valence-corrected chi connectivity index (χ3v) is 4.57. The highest BCUT2D eigenvalue weighted by Gasteiger charge is 2.26. The number of rotatable bonds is 5. The molecule has 1 fully saturated rings. The first-order valence-electron chi connectivity index (χ1n) is 8.66. The summed E-state index contributed by atoms with van der Waals surface area (Å²) in [6, 6.07) is 7.96. The number of fused-ring (bicyclic) bond motifs is 1. The van der Waals surface area contributed by atoms with Crippen LogP contribution in [0.15, 0.2) is 28.7 Å². The van der Waals surface area contributed by atoms with Crippen molar-refractivity contribution in [3.8, 4) is 0 Å². The van der Waals surface area contributed by atoms with Crippen LogP contribution in [0.3, 0.4) is 0 Å². The van der Waals surface area contributed by atoms with Crippen molar-refractivity contribution < 1.29 is 4.42 Å². The molecule has 126 valence electrons. The van der Waals surface area contributed by atoms with Gasteiger partial charge in [0, 0.05) is 19.0 Å². The molecular formula is C17H22N6O. The largest absolute Gasteiger partial charge is 0.440 e. The first-order chi connectivity index (χ1) is 11.8. The second kappa shape index (κ2) is 6.68. The van der Waals surface area contributed by atoms with Crippen LogP contribution in [0.25, 0.3) is 11.1 Å². The van der Waals surface area contributed by atoms with Gasteiger partial charge in [-0.05, 0) is 48.4 Å². The van der Waals surface area contributed by atoms with Crippen molar-refractivity contribution in [1.82, 2.24) is 30.1 Å². The number of nitrogens with zero attached hydrogens (tertiary/aromatic N) is 6. The molecule has 0 spiro atoms. The van der Waals surface area contributed by atoms with E-state index in [0.717, 1.165) is 68.3 Å². The van der Waals surface area contributed by atoms with Crippen LogP contribution >= 0.6 is 0 Å². The zero-order valence-corrected chi connectivity index (χ0v) is 13.9. The molecule has 1 aromatic carbocycles. The second-order valence-corrected chi connectivity index (χ2v) is 6.41. The maximum atomic E-state index is 5.97. The zero-order valence-electron chi connectivity index (χ0n) is 13.9. The molecule has 1 aliphatic rings. The Morgan fingerprint density at radius 3 is 3.08 bits per heavy atom. The topological polar surface area (TPSA) is 72.9 Å². The third-order valence-electron chi connectivity index (χ3n) is 4.57. The van der Waals surface area contributed by atoms with Gasteiger partial charge in [-0.15, -0.1) is 5.10 Å². The minimum atomic E-state index is 0.335. The fourth-order valence-corrected chi connectivity index (χ4v) is 3.39. The van der Waals surface area contributed by atoms with Crippen molar-refractivity contribution in [2.75, 3.05) is 13.1 Å². The predicted molar refractivity (Wildman–Crippen MR) is 89.4 cm³/mol. The molecule has 0 aliphatic carbocycles. The van der Waals surface area contributed by atoms with Crippen molar-refractivity contribution in [1.29, 1.82) is 0 Å². The van der Waals surface area contributed by atoms with Gasteiger partial charge in [0.1, 0.15) is 5.52 Å². The number of piperidine rings is 1. The molecule has 2 aromatic heterocycles. The van der Waals surface area contributed by atoms with Crippen molar-refractivity contribution in [2.24, 2.45) is 0 Å². The molecule has 7 nitrogen and oxygen atoms in total. The van der Waals surface area contributed by atoms with E-state index in [9.17, 15) is 0 Å². The van der Waals surface area contributed by atoms with E-state index in [0.29, 0.717) is 5.92 Å². The monoisotopic (exact) mass is 326 g/mol. The lowest BCUT2D eigenvalue weighted by Gasteiger charge is -2.30. The van der Waals surface area contributed by atoms with E-state index < -0.39 is 0 Å². The molecule has 0 radical (unpaired) electrons. The standard InChI is InChI=1S/C17H22N6O/c1-2-9-23-16(19-20-21-23)12-22-10-5-6-13(11-22)17-18-14-7-3-4-8-15(14)24-17/h3-4,7-8,13H,2,5-6,9-12H2,1H3. The Morgan fingerprint density at radius 1 is 1.29 bits per heavy atom. The van der Waals surface area contributed by atoms with Crippen LogP contribution in [-0.4, -0.2) is 43.2 Å². The molecule has 24 heavy (non-hydrogen) atoms. The lowest BCUT2D eigenvalue weighted by Crippen LogP contribution is -2.35. The number of aromatic nitrogens is 5. The van der Waals surface area contributed by atoms with Crippen LogP contribution < -0.4 is 0 Å². The predicted octanol–water partition coefficient (Wildman–Crippen LogP) is 2.60. The van der Waals surface area contributed by atoms with E-state index in [2.05, 4.69) is 32.3 Å². The van der Waals surface area contributed by atoms with Crippen LogP contribution in [0.5, 0.6) is 0 Å². The minimum absolute atomic E-state index is 0.335. The van der Waals surface area contributed by atoms with Gasteiger partial charge >= 0.3 is 0 Å². The molecule has 1 atom stereocenters. The zero-order chi connectivity index (χ0) is 16.4. The highest BCUT2D eigenvalue weighted by Crippen LogP contribution is 2.29. The third kappa shape index (κ3) is 3.03.